The molecule has 3 atom stereocenters. The molecule has 1 amide bonds. The number of ether oxygens (including phenoxy) is 4. The maximum Gasteiger partial charge on any atom is 0.329 e. The first kappa shape index (κ1) is 27.8. The standard InChI is InChI=1S/C30H32N2O7/c1-19-23(17-22-11-7-8-12-24(22)21-9-5-4-6-10-21)18-37-16-14-25(30(35)38-19)32-29(34)27-28(39-20(2)33)26(36-3)13-15-31-27/h4-13,15,19,23,25H,14,16-18H2,1-3H3,(H,32,34)/t19-,23+,25-/m0/s1. The van der Waals surface area contributed by atoms with Crippen LogP contribution in [-0.2, 0) is 25.5 Å². The Labute approximate surface area is 227 Å². The van der Waals surface area contributed by atoms with Crippen molar-refractivity contribution >= 4 is 17.8 Å². The number of amides is 1. The Morgan fingerprint density at radius 2 is 1.82 bits per heavy atom. The van der Waals surface area contributed by atoms with Gasteiger partial charge in [-0.3, -0.25) is 9.59 Å². The molecular formula is C30H32N2O7. The molecule has 1 fully saturated rings. The van der Waals surface area contributed by atoms with Gasteiger partial charge in [-0.05, 0) is 30.0 Å². The average molecular weight is 533 g/mol. The summed E-state index contributed by atoms with van der Waals surface area (Å²) < 4.78 is 22.1. The highest BCUT2D eigenvalue weighted by atomic mass is 16.6. The van der Waals surface area contributed by atoms with E-state index >= 15 is 0 Å². The number of nitrogens with one attached hydrogen (secondary N) is 1. The summed E-state index contributed by atoms with van der Waals surface area (Å²) in [5, 5.41) is 2.66. The van der Waals surface area contributed by atoms with Crippen molar-refractivity contribution in [1.29, 1.82) is 0 Å². The van der Waals surface area contributed by atoms with Gasteiger partial charge in [0, 0.05) is 38.1 Å². The van der Waals surface area contributed by atoms with Crippen LogP contribution in [0, 0.1) is 5.92 Å². The molecule has 0 radical (unpaired) electrons. The molecule has 9 heteroatoms. The van der Waals surface area contributed by atoms with E-state index in [4.69, 9.17) is 18.9 Å². The zero-order valence-electron chi connectivity index (χ0n) is 22.2. The molecule has 1 saturated heterocycles. The van der Waals surface area contributed by atoms with Gasteiger partial charge < -0.3 is 24.3 Å². The predicted octanol–water partition coefficient (Wildman–Crippen LogP) is 3.99. The number of rotatable bonds is 7. The van der Waals surface area contributed by atoms with Crippen LogP contribution in [0.2, 0.25) is 0 Å². The van der Waals surface area contributed by atoms with Crippen LogP contribution in [0.3, 0.4) is 0 Å². The number of hydrogen-bond acceptors (Lipinski definition) is 8. The maximum atomic E-state index is 13.1. The SMILES string of the molecule is COc1ccnc(C(=O)N[C@H]2CCOC[C@@H](Cc3ccccc3-c3ccccc3)[C@H](C)OC2=O)c1OC(C)=O. The summed E-state index contributed by atoms with van der Waals surface area (Å²) in [5.41, 5.74) is 3.19. The predicted molar refractivity (Wildman–Crippen MR) is 143 cm³/mol. The van der Waals surface area contributed by atoms with E-state index in [1.165, 1.54) is 26.3 Å². The van der Waals surface area contributed by atoms with E-state index in [1.54, 1.807) is 0 Å². The zero-order valence-corrected chi connectivity index (χ0v) is 22.2. The minimum Gasteiger partial charge on any atom is -0.493 e. The lowest BCUT2D eigenvalue weighted by Gasteiger charge is -2.25. The number of esters is 2. The van der Waals surface area contributed by atoms with Crippen LogP contribution in [0.25, 0.3) is 11.1 Å². The second-order valence-electron chi connectivity index (χ2n) is 9.30. The first-order chi connectivity index (χ1) is 18.9. The van der Waals surface area contributed by atoms with Crippen molar-refractivity contribution in [3.63, 3.8) is 0 Å². The number of carbonyl (C=O) groups is 3. The Kier molecular flexibility index (Phi) is 9.27. The summed E-state index contributed by atoms with van der Waals surface area (Å²) in [4.78, 5) is 41.9. The number of nitrogens with zero attached hydrogens (tertiary/aromatic N) is 1. The molecule has 1 aliphatic heterocycles. The highest BCUT2D eigenvalue weighted by molar-refractivity contribution is 5.98. The normalized spacial score (nSPS) is 19.6. The molecule has 204 valence electrons. The lowest BCUT2D eigenvalue weighted by Crippen LogP contribution is -2.44. The lowest BCUT2D eigenvalue weighted by molar-refractivity contribution is -0.153. The third-order valence-corrected chi connectivity index (χ3v) is 6.57. The molecule has 2 heterocycles. The molecule has 1 aromatic heterocycles. The molecule has 1 aliphatic rings. The van der Waals surface area contributed by atoms with Crippen molar-refractivity contribution in [1.82, 2.24) is 10.3 Å². The minimum absolute atomic E-state index is 0.0936. The van der Waals surface area contributed by atoms with Gasteiger partial charge in [0.15, 0.2) is 11.4 Å². The summed E-state index contributed by atoms with van der Waals surface area (Å²) in [6.07, 6.45) is 1.74. The van der Waals surface area contributed by atoms with Crippen LogP contribution in [0.1, 0.15) is 36.3 Å². The molecule has 0 spiro atoms. The Morgan fingerprint density at radius 1 is 1.08 bits per heavy atom. The van der Waals surface area contributed by atoms with Gasteiger partial charge in [-0.1, -0.05) is 54.6 Å². The second-order valence-corrected chi connectivity index (χ2v) is 9.30. The second kappa shape index (κ2) is 13.0. The maximum absolute atomic E-state index is 13.1. The van der Waals surface area contributed by atoms with Gasteiger partial charge >= 0.3 is 11.9 Å². The zero-order chi connectivity index (χ0) is 27.8. The van der Waals surface area contributed by atoms with E-state index in [-0.39, 0.29) is 36.1 Å². The van der Waals surface area contributed by atoms with Crippen LogP contribution in [0.5, 0.6) is 11.5 Å². The molecule has 4 rings (SSSR count). The minimum atomic E-state index is -0.978. The largest absolute Gasteiger partial charge is 0.493 e. The van der Waals surface area contributed by atoms with E-state index < -0.39 is 30.0 Å². The summed E-state index contributed by atoms with van der Waals surface area (Å²) >= 11 is 0. The molecule has 0 unspecified atom stereocenters. The Balaban J connectivity index is 1.48. The molecule has 0 bridgehead atoms. The highest BCUT2D eigenvalue weighted by Crippen LogP contribution is 2.30. The van der Waals surface area contributed by atoms with E-state index in [2.05, 4.69) is 34.6 Å². The van der Waals surface area contributed by atoms with E-state index in [1.807, 2.05) is 37.3 Å². The molecule has 9 nitrogen and oxygen atoms in total. The van der Waals surface area contributed by atoms with Gasteiger partial charge in [-0.2, -0.15) is 0 Å². The lowest BCUT2D eigenvalue weighted by atomic mass is 9.90. The van der Waals surface area contributed by atoms with Crippen LogP contribution < -0.4 is 14.8 Å². The highest BCUT2D eigenvalue weighted by Gasteiger charge is 2.31. The Hall–Kier alpha value is -4.24. The topological polar surface area (TPSA) is 113 Å². The summed E-state index contributed by atoms with van der Waals surface area (Å²) in [6.45, 7) is 3.68. The quantitative estimate of drug-likeness (QED) is 0.455. The molecule has 1 N–H and O–H groups in total. The monoisotopic (exact) mass is 532 g/mol. The van der Waals surface area contributed by atoms with E-state index in [9.17, 15) is 14.4 Å². The van der Waals surface area contributed by atoms with Crippen molar-refractivity contribution in [3.8, 4) is 22.6 Å². The number of methoxy groups -OCH3 is 1. The summed E-state index contributed by atoms with van der Waals surface area (Å²) in [6, 6.07) is 18.8. The number of benzene rings is 2. The van der Waals surface area contributed by atoms with E-state index in [0.29, 0.717) is 13.0 Å². The Bertz CT molecular complexity index is 1310. The smallest absolute Gasteiger partial charge is 0.329 e. The number of cyclic esters (lactones) is 1. The summed E-state index contributed by atoms with van der Waals surface area (Å²) in [5.74, 6) is -1.96. The summed E-state index contributed by atoms with van der Waals surface area (Å²) in [7, 11) is 1.38. The molecular weight excluding hydrogens is 500 g/mol. The van der Waals surface area contributed by atoms with Gasteiger partial charge in [0.25, 0.3) is 5.91 Å². The van der Waals surface area contributed by atoms with Crippen LogP contribution in [0.4, 0.5) is 0 Å². The van der Waals surface area contributed by atoms with Gasteiger partial charge in [-0.25, -0.2) is 9.78 Å². The number of pyridine rings is 1. The number of aromatic nitrogens is 1. The van der Waals surface area contributed by atoms with Crippen LogP contribution in [0.15, 0.2) is 66.9 Å². The Morgan fingerprint density at radius 3 is 2.56 bits per heavy atom. The van der Waals surface area contributed by atoms with Crippen molar-refractivity contribution < 1.29 is 33.3 Å². The van der Waals surface area contributed by atoms with Crippen LogP contribution in [-0.4, -0.2) is 55.3 Å². The number of hydrogen-bond donors (Lipinski definition) is 1. The molecule has 0 saturated carbocycles. The van der Waals surface area contributed by atoms with Crippen LogP contribution >= 0.6 is 0 Å². The fourth-order valence-electron chi connectivity index (χ4n) is 4.51. The average Bonchev–Trinajstić information content (AvgIpc) is 2.99. The fourth-order valence-corrected chi connectivity index (χ4v) is 4.51. The molecule has 39 heavy (non-hydrogen) atoms. The van der Waals surface area contributed by atoms with Crippen molar-refractivity contribution in [2.45, 2.75) is 38.8 Å². The number of carbonyl (C=O) groups excluding carboxylic acids is 3. The third kappa shape index (κ3) is 7.00. The first-order valence-electron chi connectivity index (χ1n) is 12.8. The molecule has 0 aliphatic carbocycles. The van der Waals surface area contributed by atoms with Crippen molar-refractivity contribution in [3.05, 3.63) is 78.1 Å². The van der Waals surface area contributed by atoms with Gasteiger partial charge in [0.05, 0.1) is 13.7 Å². The fraction of sp³-hybridized carbons (Fsp3) is 0.333. The molecule has 2 aromatic carbocycles. The first-order valence-corrected chi connectivity index (χ1v) is 12.8. The van der Waals surface area contributed by atoms with Gasteiger partial charge in [-0.15, -0.1) is 0 Å². The third-order valence-electron chi connectivity index (χ3n) is 6.57. The van der Waals surface area contributed by atoms with Crippen molar-refractivity contribution in [2.24, 2.45) is 5.92 Å². The van der Waals surface area contributed by atoms with Gasteiger partial charge in [0.2, 0.25) is 5.75 Å². The molecule has 3 aromatic rings. The van der Waals surface area contributed by atoms with Gasteiger partial charge in [0.1, 0.15) is 12.1 Å². The van der Waals surface area contributed by atoms with E-state index in [0.717, 1.165) is 16.7 Å². The van der Waals surface area contributed by atoms with Crippen molar-refractivity contribution in [2.75, 3.05) is 20.3 Å².